The van der Waals surface area contributed by atoms with Crippen LogP contribution in [0.15, 0.2) is 25.2 Å². The van der Waals surface area contributed by atoms with Gasteiger partial charge in [-0.15, -0.1) is 6.58 Å². The summed E-state index contributed by atoms with van der Waals surface area (Å²) >= 11 is 0. The predicted octanol–water partition coefficient (Wildman–Crippen LogP) is 1.91. The van der Waals surface area contributed by atoms with Crippen molar-refractivity contribution in [1.29, 1.82) is 0 Å². The molecule has 0 spiro atoms. The van der Waals surface area contributed by atoms with Gasteiger partial charge in [0, 0.05) is 11.9 Å². The van der Waals surface area contributed by atoms with Gasteiger partial charge in [0.25, 0.3) is 0 Å². The van der Waals surface area contributed by atoms with Crippen LogP contribution in [0.2, 0.25) is 0 Å². The minimum Gasteiger partial charge on any atom is -0.349 e. The van der Waals surface area contributed by atoms with Crippen LogP contribution in [0.1, 0.15) is 12.6 Å². The lowest BCUT2D eigenvalue weighted by Crippen LogP contribution is -1.59. The summed E-state index contributed by atoms with van der Waals surface area (Å²) in [5.41, 5.74) is 1.11. The molecule has 0 saturated heterocycles. The minimum atomic E-state index is 1.11. The molecule has 0 atom stereocenters. The van der Waals surface area contributed by atoms with Crippen LogP contribution in [0.25, 0.3) is 0 Å². The second-order valence-corrected chi connectivity index (χ2v) is 1.64. The molecule has 2 nitrogen and oxygen atoms in total. The number of nitrogens with zero attached hydrogens (tertiary/aromatic N) is 1. The average molecular weight is 124 g/mol. The van der Waals surface area contributed by atoms with Crippen molar-refractivity contribution in [1.82, 2.24) is 9.97 Å². The molecule has 0 aliphatic carbocycles. The Morgan fingerprint density at radius 2 is 2.33 bits per heavy atom. The van der Waals surface area contributed by atoms with Crippen molar-refractivity contribution in [2.24, 2.45) is 0 Å². The van der Waals surface area contributed by atoms with E-state index < -0.39 is 0 Å². The van der Waals surface area contributed by atoms with Gasteiger partial charge in [0.1, 0.15) is 0 Å². The maximum Gasteiger partial charge on any atom is 0.0921 e. The smallest absolute Gasteiger partial charge is 0.0921 e. The molecule has 0 aliphatic heterocycles. The molecule has 0 radical (unpaired) electrons. The molecular weight excluding hydrogens is 112 g/mol. The highest BCUT2D eigenvalue weighted by molar-refractivity contribution is 4.87. The van der Waals surface area contributed by atoms with Crippen molar-refractivity contribution in [3.05, 3.63) is 30.9 Å². The van der Waals surface area contributed by atoms with E-state index in [2.05, 4.69) is 16.5 Å². The SMILES string of the molecule is C=CC.Cc1cnc[nH]1. The molecular formula is C7H12N2. The second kappa shape index (κ2) is 5.09. The molecule has 1 aromatic heterocycles. The summed E-state index contributed by atoms with van der Waals surface area (Å²) < 4.78 is 0. The van der Waals surface area contributed by atoms with Gasteiger partial charge in [-0.2, -0.15) is 0 Å². The molecule has 1 rings (SSSR count). The Morgan fingerprint density at radius 3 is 2.44 bits per heavy atom. The van der Waals surface area contributed by atoms with E-state index >= 15 is 0 Å². The number of hydrogen-bond donors (Lipinski definition) is 1. The molecule has 50 valence electrons. The summed E-state index contributed by atoms with van der Waals surface area (Å²) in [6, 6.07) is 0. The lowest BCUT2D eigenvalue weighted by molar-refractivity contribution is 1.25. The summed E-state index contributed by atoms with van der Waals surface area (Å²) in [7, 11) is 0. The number of imidazole rings is 1. The molecule has 0 bridgehead atoms. The van der Waals surface area contributed by atoms with Crippen molar-refractivity contribution >= 4 is 0 Å². The second-order valence-electron chi connectivity index (χ2n) is 1.64. The van der Waals surface area contributed by atoms with Gasteiger partial charge in [0.05, 0.1) is 6.33 Å². The number of hydrogen-bond acceptors (Lipinski definition) is 1. The first-order chi connectivity index (χ1) is 4.31. The predicted molar refractivity (Wildman–Crippen MR) is 39.2 cm³/mol. The third-order valence-corrected chi connectivity index (χ3v) is 0.635. The molecule has 0 unspecified atom stereocenters. The lowest BCUT2D eigenvalue weighted by atomic mass is 10.6. The van der Waals surface area contributed by atoms with Crippen LogP contribution in [0.4, 0.5) is 0 Å². The molecule has 0 aromatic carbocycles. The van der Waals surface area contributed by atoms with Gasteiger partial charge >= 0.3 is 0 Å². The topological polar surface area (TPSA) is 28.7 Å². The van der Waals surface area contributed by atoms with Gasteiger partial charge in [-0.05, 0) is 13.8 Å². The van der Waals surface area contributed by atoms with Crippen LogP contribution in [-0.2, 0) is 0 Å². The monoisotopic (exact) mass is 124 g/mol. The fourth-order valence-corrected chi connectivity index (χ4v) is 0.325. The van der Waals surface area contributed by atoms with Gasteiger partial charge in [-0.3, -0.25) is 0 Å². The Bertz CT molecular complexity index is 142. The molecule has 0 aliphatic rings. The van der Waals surface area contributed by atoms with E-state index in [0.717, 1.165) is 5.69 Å². The first kappa shape index (κ1) is 7.95. The van der Waals surface area contributed by atoms with E-state index in [-0.39, 0.29) is 0 Å². The van der Waals surface area contributed by atoms with Gasteiger partial charge in [-0.25, -0.2) is 4.98 Å². The number of aryl methyl sites for hydroxylation is 1. The van der Waals surface area contributed by atoms with Crippen molar-refractivity contribution < 1.29 is 0 Å². The number of allylic oxidation sites excluding steroid dienone is 1. The third kappa shape index (κ3) is 4.81. The molecule has 1 N–H and O–H groups in total. The summed E-state index contributed by atoms with van der Waals surface area (Å²) in [5, 5.41) is 0. The van der Waals surface area contributed by atoms with E-state index in [9.17, 15) is 0 Å². The number of aromatic amines is 1. The van der Waals surface area contributed by atoms with E-state index in [0.29, 0.717) is 0 Å². The van der Waals surface area contributed by atoms with Gasteiger partial charge in [-0.1, -0.05) is 6.08 Å². The molecule has 2 heteroatoms. The molecule has 1 aromatic rings. The van der Waals surface area contributed by atoms with Gasteiger partial charge in [0.15, 0.2) is 0 Å². The fourth-order valence-electron chi connectivity index (χ4n) is 0.325. The maximum absolute atomic E-state index is 3.77. The quantitative estimate of drug-likeness (QED) is 0.526. The molecule has 0 fully saturated rings. The van der Waals surface area contributed by atoms with Crippen LogP contribution in [-0.4, -0.2) is 9.97 Å². The number of aromatic nitrogens is 2. The van der Waals surface area contributed by atoms with E-state index in [1.807, 2.05) is 13.8 Å². The molecule has 0 amide bonds. The lowest BCUT2D eigenvalue weighted by Gasteiger charge is -1.67. The minimum absolute atomic E-state index is 1.11. The summed E-state index contributed by atoms with van der Waals surface area (Å²) in [4.78, 5) is 6.66. The summed E-state index contributed by atoms with van der Waals surface area (Å²) in [5.74, 6) is 0. The number of nitrogens with one attached hydrogen (secondary N) is 1. The van der Waals surface area contributed by atoms with E-state index in [1.54, 1.807) is 18.6 Å². The van der Waals surface area contributed by atoms with E-state index in [1.165, 1.54) is 0 Å². The van der Waals surface area contributed by atoms with Gasteiger partial charge < -0.3 is 4.98 Å². The van der Waals surface area contributed by atoms with Crippen LogP contribution in [0, 0.1) is 6.92 Å². The first-order valence-corrected chi connectivity index (χ1v) is 2.83. The maximum atomic E-state index is 3.77. The van der Waals surface area contributed by atoms with Crippen LogP contribution in [0.5, 0.6) is 0 Å². The standard InChI is InChI=1S/C4H6N2.C3H6/c1-4-2-5-3-6-4;1-3-2/h2-3H,1H3,(H,5,6);3H,1H2,2H3. The average Bonchev–Trinajstić information content (AvgIpc) is 2.20. The summed E-state index contributed by atoms with van der Waals surface area (Å²) in [6.45, 7) is 7.22. The van der Waals surface area contributed by atoms with Gasteiger partial charge in [0.2, 0.25) is 0 Å². The highest BCUT2D eigenvalue weighted by Crippen LogP contribution is 1.81. The molecule has 9 heavy (non-hydrogen) atoms. The van der Waals surface area contributed by atoms with Crippen LogP contribution >= 0.6 is 0 Å². The highest BCUT2D eigenvalue weighted by atomic mass is 14.8. The Hall–Kier alpha value is -1.05. The third-order valence-electron chi connectivity index (χ3n) is 0.635. The largest absolute Gasteiger partial charge is 0.349 e. The molecule has 1 heterocycles. The van der Waals surface area contributed by atoms with Crippen molar-refractivity contribution in [3.63, 3.8) is 0 Å². The van der Waals surface area contributed by atoms with Crippen molar-refractivity contribution in [2.75, 3.05) is 0 Å². The zero-order valence-electron chi connectivity index (χ0n) is 5.89. The fraction of sp³-hybridized carbons (Fsp3) is 0.286. The van der Waals surface area contributed by atoms with E-state index in [4.69, 9.17) is 0 Å². The van der Waals surface area contributed by atoms with Crippen LogP contribution < -0.4 is 0 Å². The Kier molecular flexibility index (Phi) is 4.50. The first-order valence-electron chi connectivity index (χ1n) is 2.83. The molecule has 0 saturated carbocycles. The van der Waals surface area contributed by atoms with Crippen molar-refractivity contribution in [3.8, 4) is 0 Å². The summed E-state index contributed by atoms with van der Waals surface area (Å²) in [6.07, 6.45) is 5.19. The zero-order chi connectivity index (χ0) is 7.11. The number of H-pyrrole nitrogens is 1. The normalized spacial score (nSPS) is 7.33. The zero-order valence-corrected chi connectivity index (χ0v) is 5.89. The Labute approximate surface area is 55.6 Å². The highest BCUT2D eigenvalue weighted by Gasteiger charge is 1.73. The van der Waals surface area contributed by atoms with Crippen LogP contribution in [0.3, 0.4) is 0 Å². The Balaban J connectivity index is 0.000000187. The Morgan fingerprint density at radius 1 is 1.78 bits per heavy atom. The number of rotatable bonds is 0. The van der Waals surface area contributed by atoms with Crippen molar-refractivity contribution in [2.45, 2.75) is 13.8 Å².